The molecular formula is C14H22N2O3S. The molecule has 0 radical (unpaired) electrons. The number of amides is 1. The molecule has 0 aliphatic carbocycles. The first-order valence-corrected chi connectivity index (χ1v) is 8.15. The molecule has 0 heterocycles. The van der Waals surface area contributed by atoms with Crippen molar-refractivity contribution in [2.24, 2.45) is 0 Å². The Labute approximate surface area is 120 Å². The quantitative estimate of drug-likeness (QED) is 0.809. The van der Waals surface area contributed by atoms with Crippen molar-refractivity contribution in [2.75, 3.05) is 5.73 Å². The molecule has 20 heavy (non-hydrogen) atoms. The molecule has 1 aromatic carbocycles. The lowest BCUT2D eigenvalue weighted by Crippen LogP contribution is -2.42. The van der Waals surface area contributed by atoms with Crippen molar-refractivity contribution in [3.63, 3.8) is 0 Å². The fraction of sp³-hybridized carbons (Fsp3) is 0.500. The van der Waals surface area contributed by atoms with E-state index in [1.54, 1.807) is 13.0 Å². The number of aryl methyl sites for hydroxylation is 1. The average molecular weight is 298 g/mol. The number of hydrogen-bond donors (Lipinski definition) is 2. The number of carbonyl (C=O) groups is 1. The van der Waals surface area contributed by atoms with Gasteiger partial charge < -0.3 is 11.1 Å². The van der Waals surface area contributed by atoms with Gasteiger partial charge in [-0.25, -0.2) is 8.42 Å². The second-order valence-corrected chi connectivity index (χ2v) is 7.29. The Balaban J connectivity index is 3.03. The van der Waals surface area contributed by atoms with Crippen LogP contribution in [0.1, 0.15) is 32.8 Å². The lowest BCUT2D eigenvalue weighted by atomic mass is 10.2. The summed E-state index contributed by atoms with van der Waals surface area (Å²) in [5, 5.41) is 1.56. The van der Waals surface area contributed by atoms with Gasteiger partial charge in [0, 0.05) is 11.7 Å². The Kier molecular flexibility index (Phi) is 5.16. The zero-order valence-electron chi connectivity index (χ0n) is 12.3. The van der Waals surface area contributed by atoms with Gasteiger partial charge in [-0.3, -0.25) is 4.79 Å². The molecule has 2 unspecified atom stereocenters. The summed E-state index contributed by atoms with van der Waals surface area (Å²) >= 11 is 0. The number of nitrogens with two attached hydrogens (primary N) is 1. The van der Waals surface area contributed by atoms with E-state index < -0.39 is 21.0 Å². The smallest absolute Gasteiger partial charge is 0.238 e. The number of anilines is 1. The van der Waals surface area contributed by atoms with Crippen molar-refractivity contribution in [1.82, 2.24) is 5.32 Å². The van der Waals surface area contributed by atoms with Gasteiger partial charge in [0.2, 0.25) is 5.91 Å². The van der Waals surface area contributed by atoms with Crippen LogP contribution in [-0.2, 0) is 14.6 Å². The van der Waals surface area contributed by atoms with Crippen LogP contribution in [-0.4, -0.2) is 25.6 Å². The maximum absolute atomic E-state index is 12.4. The first kappa shape index (κ1) is 16.5. The van der Waals surface area contributed by atoms with Gasteiger partial charge in [0.1, 0.15) is 5.25 Å². The lowest BCUT2D eigenvalue weighted by Gasteiger charge is -2.17. The summed E-state index contributed by atoms with van der Waals surface area (Å²) in [6, 6.07) is 4.43. The molecule has 5 nitrogen and oxygen atoms in total. The van der Waals surface area contributed by atoms with Gasteiger partial charge in [-0.05, 0) is 51.0 Å². The largest absolute Gasteiger partial charge is 0.399 e. The molecule has 1 aromatic rings. The monoisotopic (exact) mass is 298 g/mol. The molecule has 1 amide bonds. The average Bonchev–Trinajstić information content (AvgIpc) is 2.40. The van der Waals surface area contributed by atoms with Gasteiger partial charge in [-0.1, -0.05) is 6.92 Å². The molecule has 1 rings (SSSR count). The molecule has 6 heteroatoms. The number of nitrogen functional groups attached to an aromatic ring is 1. The molecule has 0 spiro atoms. The Hall–Kier alpha value is -1.56. The number of rotatable bonds is 5. The highest BCUT2D eigenvalue weighted by Crippen LogP contribution is 2.21. The number of benzene rings is 1. The summed E-state index contributed by atoms with van der Waals surface area (Å²) in [6.45, 7) is 6.90. The number of carbonyl (C=O) groups excluding carboxylic acids is 1. The topological polar surface area (TPSA) is 89.3 Å². The van der Waals surface area contributed by atoms with E-state index in [-0.39, 0.29) is 10.9 Å². The SMILES string of the molecule is CCC(C)NC(=O)C(C)S(=O)(=O)c1ccc(N)c(C)c1. The van der Waals surface area contributed by atoms with E-state index in [1.165, 1.54) is 19.1 Å². The van der Waals surface area contributed by atoms with Crippen molar-refractivity contribution in [3.8, 4) is 0 Å². The second-order valence-electron chi connectivity index (χ2n) is 5.02. The van der Waals surface area contributed by atoms with Crippen LogP contribution in [0, 0.1) is 6.92 Å². The first-order valence-electron chi connectivity index (χ1n) is 6.60. The molecule has 0 saturated heterocycles. The zero-order chi connectivity index (χ0) is 15.5. The summed E-state index contributed by atoms with van der Waals surface area (Å²) in [7, 11) is -3.70. The van der Waals surface area contributed by atoms with Gasteiger partial charge >= 0.3 is 0 Å². The summed E-state index contributed by atoms with van der Waals surface area (Å²) in [5.74, 6) is -0.478. The number of sulfone groups is 1. The van der Waals surface area contributed by atoms with E-state index in [0.717, 1.165) is 6.42 Å². The van der Waals surface area contributed by atoms with Crippen LogP contribution in [0.25, 0.3) is 0 Å². The molecule has 0 bridgehead atoms. The lowest BCUT2D eigenvalue weighted by molar-refractivity contribution is -0.121. The van der Waals surface area contributed by atoms with Crippen LogP contribution in [0.2, 0.25) is 0 Å². The number of hydrogen-bond acceptors (Lipinski definition) is 4. The minimum atomic E-state index is -3.70. The third-order valence-electron chi connectivity index (χ3n) is 3.41. The molecule has 3 N–H and O–H groups in total. The minimum absolute atomic E-state index is 0.0479. The molecular weight excluding hydrogens is 276 g/mol. The van der Waals surface area contributed by atoms with Crippen LogP contribution < -0.4 is 11.1 Å². The van der Waals surface area contributed by atoms with E-state index in [1.807, 2.05) is 13.8 Å². The Morgan fingerprint density at radius 2 is 1.95 bits per heavy atom. The van der Waals surface area contributed by atoms with E-state index in [0.29, 0.717) is 11.3 Å². The third kappa shape index (κ3) is 3.50. The standard InChI is InChI=1S/C14H22N2O3S/c1-5-10(3)16-14(17)11(4)20(18,19)12-6-7-13(15)9(2)8-12/h6-8,10-11H,5,15H2,1-4H3,(H,16,17). The molecule has 0 aliphatic rings. The van der Waals surface area contributed by atoms with Crippen molar-refractivity contribution < 1.29 is 13.2 Å². The van der Waals surface area contributed by atoms with Crippen molar-refractivity contribution in [3.05, 3.63) is 23.8 Å². The second kappa shape index (κ2) is 6.26. The predicted octanol–water partition coefficient (Wildman–Crippen LogP) is 1.65. The maximum atomic E-state index is 12.4. The third-order valence-corrected chi connectivity index (χ3v) is 5.46. The van der Waals surface area contributed by atoms with Crippen LogP contribution in [0.4, 0.5) is 5.69 Å². The van der Waals surface area contributed by atoms with Crippen LogP contribution in [0.3, 0.4) is 0 Å². The van der Waals surface area contributed by atoms with Crippen LogP contribution >= 0.6 is 0 Å². The molecule has 112 valence electrons. The Bertz CT molecular complexity index is 596. The molecule has 0 aromatic heterocycles. The predicted molar refractivity (Wildman–Crippen MR) is 80.1 cm³/mol. The number of nitrogens with one attached hydrogen (secondary N) is 1. The van der Waals surface area contributed by atoms with Crippen LogP contribution in [0.5, 0.6) is 0 Å². The molecule has 2 atom stereocenters. The van der Waals surface area contributed by atoms with Gasteiger partial charge in [0.25, 0.3) is 0 Å². The summed E-state index contributed by atoms with van der Waals surface area (Å²) in [6.07, 6.45) is 0.749. The molecule has 0 fully saturated rings. The highest BCUT2D eigenvalue weighted by molar-refractivity contribution is 7.92. The molecule has 0 aliphatic heterocycles. The van der Waals surface area contributed by atoms with Gasteiger partial charge in [0.05, 0.1) is 4.90 Å². The zero-order valence-corrected chi connectivity index (χ0v) is 13.1. The minimum Gasteiger partial charge on any atom is -0.399 e. The fourth-order valence-electron chi connectivity index (χ4n) is 1.63. The van der Waals surface area contributed by atoms with Gasteiger partial charge in [-0.15, -0.1) is 0 Å². The van der Waals surface area contributed by atoms with Gasteiger partial charge in [0.15, 0.2) is 9.84 Å². The van der Waals surface area contributed by atoms with Crippen LogP contribution in [0.15, 0.2) is 23.1 Å². The highest BCUT2D eigenvalue weighted by Gasteiger charge is 2.30. The Morgan fingerprint density at radius 3 is 2.45 bits per heavy atom. The van der Waals surface area contributed by atoms with E-state index in [2.05, 4.69) is 5.32 Å². The maximum Gasteiger partial charge on any atom is 0.238 e. The normalized spacial score (nSPS) is 14.6. The molecule has 0 saturated carbocycles. The van der Waals surface area contributed by atoms with E-state index >= 15 is 0 Å². The Morgan fingerprint density at radius 1 is 1.35 bits per heavy atom. The summed E-state index contributed by atoms with van der Waals surface area (Å²) in [5.41, 5.74) is 6.89. The van der Waals surface area contributed by atoms with Crippen molar-refractivity contribution >= 4 is 21.4 Å². The fourth-order valence-corrected chi connectivity index (χ4v) is 2.99. The van der Waals surface area contributed by atoms with Crippen molar-refractivity contribution in [2.45, 2.75) is 50.3 Å². The summed E-state index contributed by atoms with van der Waals surface area (Å²) in [4.78, 5) is 12.1. The summed E-state index contributed by atoms with van der Waals surface area (Å²) < 4.78 is 24.8. The highest BCUT2D eigenvalue weighted by atomic mass is 32.2. The first-order chi connectivity index (χ1) is 9.20. The van der Waals surface area contributed by atoms with E-state index in [4.69, 9.17) is 5.73 Å². The van der Waals surface area contributed by atoms with E-state index in [9.17, 15) is 13.2 Å². The van der Waals surface area contributed by atoms with Crippen molar-refractivity contribution in [1.29, 1.82) is 0 Å². The van der Waals surface area contributed by atoms with Gasteiger partial charge in [-0.2, -0.15) is 0 Å².